The van der Waals surface area contributed by atoms with Crippen LogP contribution >= 0.6 is 0 Å². The van der Waals surface area contributed by atoms with Gasteiger partial charge in [0.05, 0.1) is 24.8 Å². The topological polar surface area (TPSA) is 122 Å². The highest BCUT2D eigenvalue weighted by Gasteiger charge is 2.50. The minimum Gasteiger partial charge on any atom is -0.454 e. The number of carbonyl (C=O) groups excluding carboxylic acids is 1. The molecule has 0 aliphatic carbocycles. The van der Waals surface area contributed by atoms with Crippen molar-refractivity contribution in [3.63, 3.8) is 0 Å². The van der Waals surface area contributed by atoms with E-state index in [2.05, 4.69) is 26.2 Å². The maximum atomic E-state index is 12.9. The van der Waals surface area contributed by atoms with Crippen molar-refractivity contribution in [2.24, 2.45) is 0 Å². The number of urea groups is 1. The number of benzene rings is 2. The lowest BCUT2D eigenvalue weighted by Crippen LogP contribution is -2.45. The third kappa shape index (κ3) is 4.07. The van der Waals surface area contributed by atoms with Crippen LogP contribution in [0.5, 0.6) is 11.5 Å². The lowest BCUT2D eigenvalue weighted by Gasteiger charge is -2.18. The molecule has 0 saturated carbocycles. The number of halogens is 3. The molecule has 188 valence electrons. The van der Waals surface area contributed by atoms with Crippen molar-refractivity contribution < 1.29 is 36.9 Å². The molecule has 2 N–H and O–H groups in total. The Hall–Kier alpha value is -3.91. The lowest BCUT2D eigenvalue weighted by atomic mass is 10.1. The van der Waals surface area contributed by atoms with Gasteiger partial charge in [0.15, 0.2) is 17.3 Å². The molecule has 2 amide bonds. The number of amides is 2. The number of ether oxygens (including phenoxy) is 4. The Bertz CT molecular complexity index is 1300. The molecule has 14 heteroatoms. The fourth-order valence-corrected chi connectivity index (χ4v) is 4.56. The Balaban J connectivity index is 1.13. The van der Waals surface area contributed by atoms with Gasteiger partial charge in [-0.1, -0.05) is 6.07 Å². The van der Waals surface area contributed by atoms with E-state index in [-0.39, 0.29) is 31.7 Å². The predicted molar refractivity (Wildman–Crippen MR) is 115 cm³/mol. The third-order valence-corrected chi connectivity index (χ3v) is 6.23. The van der Waals surface area contributed by atoms with Crippen LogP contribution in [0.3, 0.4) is 0 Å². The van der Waals surface area contributed by atoms with Gasteiger partial charge < -0.3 is 29.6 Å². The van der Waals surface area contributed by atoms with Gasteiger partial charge in [0.25, 0.3) is 0 Å². The Morgan fingerprint density at radius 1 is 1.03 bits per heavy atom. The van der Waals surface area contributed by atoms with E-state index in [1.54, 1.807) is 16.8 Å². The zero-order valence-corrected chi connectivity index (χ0v) is 18.4. The summed E-state index contributed by atoms with van der Waals surface area (Å²) in [4.78, 5) is 12.5. The summed E-state index contributed by atoms with van der Waals surface area (Å²) in [6, 6.07) is 8.24. The van der Waals surface area contributed by atoms with Crippen molar-refractivity contribution in [3.8, 4) is 22.9 Å². The molecule has 6 rings (SSSR count). The summed E-state index contributed by atoms with van der Waals surface area (Å²) < 4.78 is 63.1. The first-order valence-electron chi connectivity index (χ1n) is 11.0. The van der Waals surface area contributed by atoms with Crippen molar-refractivity contribution in [2.45, 2.75) is 30.5 Å². The molecule has 3 aliphatic heterocycles. The molecule has 4 unspecified atom stereocenters. The van der Waals surface area contributed by atoms with E-state index < -0.39 is 36.0 Å². The number of carbonyl (C=O) groups is 1. The minimum absolute atomic E-state index is 0.0186. The van der Waals surface area contributed by atoms with Crippen molar-refractivity contribution in [1.29, 1.82) is 0 Å². The number of fused-ring (bicyclic) bond motifs is 2. The Kier molecular flexibility index (Phi) is 5.41. The summed E-state index contributed by atoms with van der Waals surface area (Å²) in [7, 11) is 0. The molecule has 2 fully saturated rings. The zero-order valence-electron chi connectivity index (χ0n) is 18.4. The Morgan fingerprint density at radius 3 is 2.72 bits per heavy atom. The molecule has 4 heterocycles. The normalized spacial score (nSPS) is 24.5. The molecule has 0 spiro atoms. The second kappa shape index (κ2) is 8.64. The van der Waals surface area contributed by atoms with E-state index >= 15 is 0 Å². The number of nitrogens with zero attached hydrogens (tertiary/aromatic N) is 4. The van der Waals surface area contributed by atoms with Crippen molar-refractivity contribution >= 4 is 11.7 Å². The second-order valence-electron chi connectivity index (χ2n) is 8.46. The van der Waals surface area contributed by atoms with Crippen LogP contribution in [0, 0.1) is 0 Å². The van der Waals surface area contributed by atoms with Gasteiger partial charge in [-0.25, -0.2) is 9.48 Å². The molecule has 11 nitrogen and oxygen atoms in total. The van der Waals surface area contributed by atoms with E-state index in [4.69, 9.17) is 18.9 Å². The van der Waals surface area contributed by atoms with Gasteiger partial charge in [-0.05, 0) is 46.8 Å². The molecule has 3 aliphatic rings. The largest absolute Gasteiger partial charge is 0.454 e. The number of alkyl halides is 3. The van der Waals surface area contributed by atoms with Gasteiger partial charge in [-0.3, -0.25) is 0 Å². The first-order chi connectivity index (χ1) is 17.4. The van der Waals surface area contributed by atoms with Gasteiger partial charge in [0.2, 0.25) is 6.79 Å². The third-order valence-electron chi connectivity index (χ3n) is 6.23. The number of hydrogen-bond donors (Lipinski definition) is 2. The molecule has 0 radical (unpaired) electrons. The van der Waals surface area contributed by atoms with Gasteiger partial charge in [0.1, 0.15) is 18.2 Å². The lowest BCUT2D eigenvalue weighted by molar-refractivity contribution is -0.137. The van der Waals surface area contributed by atoms with Crippen LogP contribution in [0.15, 0.2) is 42.5 Å². The van der Waals surface area contributed by atoms with Crippen LogP contribution in [0.4, 0.5) is 23.7 Å². The number of hydrogen-bond acceptors (Lipinski definition) is 8. The summed E-state index contributed by atoms with van der Waals surface area (Å²) in [5.41, 5.74) is -0.114. The molecule has 4 atom stereocenters. The first-order valence-corrected chi connectivity index (χ1v) is 11.0. The molecule has 2 saturated heterocycles. The number of rotatable bonds is 4. The van der Waals surface area contributed by atoms with Crippen LogP contribution in [-0.2, 0) is 15.7 Å². The van der Waals surface area contributed by atoms with Crippen molar-refractivity contribution in [3.05, 3.63) is 48.0 Å². The first kappa shape index (κ1) is 22.5. The monoisotopic (exact) mass is 504 g/mol. The van der Waals surface area contributed by atoms with E-state index in [0.29, 0.717) is 17.3 Å². The summed E-state index contributed by atoms with van der Waals surface area (Å²) in [6.45, 7) is 0.544. The number of anilines is 1. The van der Waals surface area contributed by atoms with Crippen LogP contribution in [-0.4, -0.2) is 64.5 Å². The molecule has 0 bridgehead atoms. The van der Waals surface area contributed by atoms with E-state index in [0.717, 1.165) is 17.7 Å². The van der Waals surface area contributed by atoms with Gasteiger partial charge in [-0.2, -0.15) is 13.2 Å². The number of tetrazole rings is 1. The molecule has 2 aromatic carbocycles. The fourth-order valence-electron chi connectivity index (χ4n) is 4.56. The van der Waals surface area contributed by atoms with Crippen LogP contribution < -0.4 is 20.1 Å². The summed E-state index contributed by atoms with van der Waals surface area (Å²) in [5, 5.41) is 17.2. The van der Waals surface area contributed by atoms with Crippen LogP contribution in [0.1, 0.15) is 11.6 Å². The predicted octanol–water partition coefficient (Wildman–Crippen LogP) is 2.62. The molecular formula is C22H19F3N6O5. The minimum atomic E-state index is -4.51. The summed E-state index contributed by atoms with van der Waals surface area (Å²) in [5.74, 6) is 1.72. The maximum Gasteiger partial charge on any atom is 0.416 e. The Labute approximate surface area is 201 Å². The molecule has 3 aromatic rings. The average molecular weight is 504 g/mol. The van der Waals surface area contributed by atoms with Crippen LogP contribution in [0.25, 0.3) is 11.4 Å². The highest BCUT2D eigenvalue weighted by Crippen LogP contribution is 2.38. The van der Waals surface area contributed by atoms with Crippen molar-refractivity contribution in [2.75, 3.05) is 25.3 Å². The maximum absolute atomic E-state index is 12.9. The highest BCUT2D eigenvalue weighted by molar-refractivity contribution is 5.89. The molecule has 36 heavy (non-hydrogen) atoms. The van der Waals surface area contributed by atoms with Gasteiger partial charge in [-0.15, -0.1) is 5.10 Å². The number of nitrogens with one attached hydrogen (secondary N) is 2. The second-order valence-corrected chi connectivity index (χ2v) is 8.46. The zero-order chi connectivity index (χ0) is 24.9. The SMILES string of the molecule is O=C(Nc1cccc(C(F)(F)F)c1)NC1COC2C1OCC2n1nnnc1-c1ccc2c(c1)OCO2. The van der Waals surface area contributed by atoms with Gasteiger partial charge >= 0.3 is 12.2 Å². The highest BCUT2D eigenvalue weighted by atomic mass is 19.4. The van der Waals surface area contributed by atoms with E-state index in [1.807, 2.05) is 6.07 Å². The Morgan fingerprint density at radius 2 is 1.86 bits per heavy atom. The van der Waals surface area contributed by atoms with Crippen LogP contribution in [0.2, 0.25) is 0 Å². The summed E-state index contributed by atoms with van der Waals surface area (Å²) >= 11 is 0. The smallest absolute Gasteiger partial charge is 0.416 e. The number of aromatic nitrogens is 4. The summed E-state index contributed by atoms with van der Waals surface area (Å²) in [6.07, 6.45) is -5.44. The standard InChI is InChI=1S/C22H19F3N6O5/c23-22(24,25)12-2-1-3-13(7-12)26-21(32)27-14-8-33-19-15(9-34-18(14)19)31-20(28-29-30-31)11-4-5-16-17(6-11)36-10-35-16/h1-7,14-15,18-19H,8-10H2,(H2,26,27,32). The van der Waals surface area contributed by atoms with Gasteiger partial charge in [0, 0.05) is 11.3 Å². The van der Waals surface area contributed by atoms with E-state index in [1.165, 1.54) is 12.1 Å². The van der Waals surface area contributed by atoms with E-state index in [9.17, 15) is 18.0 Å². The quantitative estimate of drug-likeness (QED) is 0.556. The average Bonchev–Trinajstić information content (AvgIpc) is 3.63. The fraction of sp³-hybridized carbons (Fsp3) is 0.364. The molecular weight excluding hydrogens is 485 g/mol. The van der Waals surface area contributed by atoms with Crippen molar-refractivity contribution in [1.82, 2.24) is 25.5 Å². The molecule has 1 aromatic heterocycles.